The monoisotopic (exact) mass is 416 g/mol. The quantitative estimate of drug-likeness (QED) is 0.626. The molecule has 0 aliphatic heterocycles. The van der Waals surface area contributed by atoms with Crippen molar-refractivity contribution >= 4 is 23.4 Å². The molecule has 2 aromatic carbocycles. The normalized spacial score (nSPS) is 11.6. The average molecular weight is 417 g/mol. The Bertz CT molecular complexity index is 791. The molecule has 0 aliphatic rings. The first kappa shape index (κ1) is 22.8. The highest BCUT2D eigenvalue weighted by molar-refractivity contribution is 6.30. The molecular weight excluding hydrogens is 388 g/mol. The summed E-state index contributed by atoms with van der Waals surface area (Å²) in [5.74, 6) is 0.182. The number of aryl methyl sites for hydroxylation is 1. The molecule has 2 aromatic rings. The summed E-state index contributed by atoms with van der Waals surface area (Å²) in [6, 6.07) is 14.2. The number of amides is 2. The number of ether oxygens (including phenoxy) is 1. The van der Waals surface area contributed by atoms with Crippen LogP contribution in [-0.2, 0) is 16.1 Å². The number of rotatable bonds is 10. The Kier molecular flexibility index (Phi) is 9.00. The fourth-order valence-electron chi connectivity index (χ4n) is 2.93. The molecular formula is C23H29ClN2O3. The van der Waals surface area contributed by atoms with E-state index < -0.39 is 6.04 Å². The van der Waals surface area contributed by atoms with Crippen molar-refractivity contribution in [1.29, 1.82) is 0 Å². The molecule has 0 unspecified atom stereocenters. The Balaban J connectivity index is 2.16. The van der Waals surface area contributed by atoms with Gasteiger partial charge >= 0.3 is 0 Å². The predicted molar refractivity (Wildman–Crippen MR) is 116 cm³/mol. The fourth-order valence-corrected chi connectivity index (χ4v) is 3.06. The van der Waals surface area contributed by atoms with E-state index in [1.807, 2.05) is 45.0 Å². The number of benzene rings is 2. The van der Waals surface area contributed by atoms with E-state index in [-0.39, 0.29) is 18.4 Å². The minimum absolute atomic E-state index is 0.138. The number of nitrogens with one attached hydrogen (secondary N) is 1. The lowest BCUT2D eigenvalue weighted by Gasteiger charge is -2.30. The van der Waals surface area contributed by atoms with Gasteiger partial charge in [-0.25, -0.2) is 0 Å². The van der Waals surface area contributed by atoms with Crippen molar-refractivity contribution < 1.29 is 14.3 Å². The van der Waals surface area contributed by atoms with Gasteiger partial charge < -0.3 is 15.0 Å². The van der Waals surface area contributed by atoms with Crippen molar-refractivity contribution in [3.05, 3.63) is 64.7 Å². The van der Waals surface area contributed by atoms with Crippen LogP contribution in [0.2, 0.25) is 5.02 Å². The van der Waals surface area contributed by atoms with Crippen LogP contribution in [0, 0.1) is 6.92 Å². The van der Waals surface area contributed by atoms with Gasteiger partial charge in [-0.3, -0.25) is 9.59 Å². The Morgan fingerprint density at radius 1 is 1.07 bits per heavy atom. The summed E-state index contributed by atoms with van der Waals surface area (Å²) in [4.78, 5) is 27.3. The smallest absolute Gasteiger partial charge is 0.261 e. The maximum atomic E-state index is 13.0. The number of nitrogens with zero attached hydrogens (tertiary/aromatic N) is 1. The maximum Gasteiger partial charge on any atom is 0.261 e. The van der Waals surface area contributed by atoms with Crippen LogP contribution in [0.25, 0.3) is 0 Å². The molecule has 0 saturated carbocycles. The Hall–Kier alpha value is -2.53. The average Bonchev–Trinajstić information content (AvgIpc) is 2.72. The van der Waals surface area contributed by atoms with E-state index in [4.69, 9.17) is 16.3 Å². The summed E-state index contributed by atoms with van der Waals surface area (Å²) >= 11 is 5.89. The standard InChI is InChI=1S/C23H29ClN2O3/c1-4-14-25-23(28)21(5-2)26(15-18-8-6-17(3)7-9-18)22(27)16-29-20-12-10-19(24)11-13-20/h6-13,21H,4-5,14-16H2,1-3H3,(H,25,28)/t21-/m1/s1. The van der Waals surface area contributed by atoms with Crippen molar-refractivity contribution in [2.75, 3.05) is 13.2 Å². The summed E-state index contributed by atoms with van der Waals surface area (Å²) in [5.41, 5.74) is 2.11. The summed E-state index contributed by atoms with van der Waals surface area (Å²) in [6.07, 6.45) is 1.36. The minimum Gasteiger partial charge on any atom is -0.484 e. The molecule has 156 valence electrons. The van der Waals surface area contributed by atoms with Gasteiger partial charge in [0.25, 0.3) is 5.91 Å². The molecule has 6 heteroatoms. The molecule has 0 heterocycles. The van der Waals surface area contributed by atoms with E-state index in [0.29, 0.717) is 30.3 Å². The van der Waals surface area contributed by atoms with Crippen LogP contribution in [0.4, 0.5) is 0 Å². The molecule has 1 N–H and O–H groups in total. The van der Waals surface area contributed by atoms with Crippen LogP contribution >= 0.6 is 11.6 Å². The third-order valence-corrected chi connectivity index (χ3v) is 4.84. The molecule has 5 nitrogen and oxygen atoms in total. The lowest BCUT2D eigenvalue weighted by Crippen LogP contribution is -2.50. The summed E-state index contributed by atoms with van der Waals surface area (Å²) in [6.45, 7) is 6.71. The van der Waals surface area contributed by atoms with Crippen molar-refractivity contribution in [2.24, 2.45) is 0 Å². The second-order valence-corrected chi connectivity index (χ2v) is 7.40. The van der Waals surface area contributed by atoms with Crippen LogP contribution in [0.3, 0.4) is 0 Å². The molecule has 29 heavy (non-hydrogen) atoms. The maximum absolute atomic E-state index is 13.0. The zero-order valence-electron chi connectivity index (χ0n) is 17.3. The molecule has 1 atom stereocenters. The van der Waals surface area contributed by atoms with E-state index in [9.17, 15) is 9.59 Å². The van der Waals surface area contributed by atoms with Crippen molar-refractivity contribution in [3.63, 3.8) is 0 Å². The number of carbonyl (C=O) groups excluding carboxylic acids is 2. The molecule has 2 amide bonds. The molecule has 0 saturated heterocycles. The highest BCUT2D eigenvalue weighted by Gasteiger charge is 2.28. The summed E-state index contributed by atoms with van der Waals surface area (Å²) in [5, 5.41) is 3.51. The molecule has 2 rings (SSSR count). The Morgan fingerprint density at radius 2 is 1.72 bits per heavy atom. The summed E-state index contributed by atoms with van der Waals surface area (Å²) < 4.78 is 5.63. The first-order valence-corrected chi connectivity index (χ1v) is 10.3. The minimum atomic E-state index is -0.552. The Labute approximate surface area is 178 Å². The highest BCUT2D eigenvalue weighted by atomic mass is 35.5. The van der Waals surface area contributed by atoms with Gasteiger partial charge in [0.1, 0.15) is 11.8 Å². The van der Waals surface area contributed by atoms with Crippen LogP contribution in [0.5, 0.6) is 5.75 Å². The third kappa shape index (κ3) is 7.09. The number of hydrogen-bond acceptors (Lipinski definition) is 3. The van der Waals surface area contributed by atoms with Gasteiger partial charge in [0.2, 0.25) is 5.91 Å². The number of hydrogen-bond donors (Lipinski definition) is 1. The molecule has 0 aliphatic carbocycles. The van der Waals surface area contributed by atoms with Crippen LogP contribution in [0.1, 0.15) is 37.8 Å². The van der Waals surface area contributed by atoms with Gasteiger partial charge in [-0.15, -0.1) is 0 Å². The van der Waals surface area contributed by atoms with Gasteiger partial charge in [-0.2, -0.15) is 0 Å². The second-order valence-electron chi connectivity index (χ2n) is 6.96. The molecule has 0 spiro atoms. The van der Waals surface area contributed by atoms with Crippen molar-refractivity contribution in [2.45, 2.75) is 46.2 Å². The van der Waals surface area contributed by atoms with Gasteiger partial charge in [-0.1, -0.05) is 55.3 Å². The van der Waals surface area contributed by atoms with Crippen LogP contribution in [0.15, 0.2) is 48.5 Å². The van der Waals surface area contributed by atoms with Crippen molar-refractivity contribution in [1.82, 2.24) is 10.2 Å². The highest BCUT2D eigenvalue weighted by Crippen LogP contribution is 2.17. The van der Waals surface area contributed by atoms with Gasteiger partial charge in [-0.05, 0) is 49.6 Å². The topological polar surface area (TPSA) is 58.6 Å². The fraction of sp³-hybridized carbons (Fsp3) is 0.391. The summed E-state index contributed by atoms with van der Waals surface area (Å²) in [7, 11) is 0. The lowest BCUT2D eigenvalue weighted by molar-refractivity contribution is -0.143. The van der Waals surface area contributed by atoms with E-state index in [1.54, 1.807) is 29.2 Å². The van der Waals surface area contributed by atoms with Gasteiger partial charge in [0, 0.05) is 18.1 Å². The lowest BCUT2D eigenvalue weighted by atomic mass is 10.1. The third-order valence-electron chi connectivity index (χ3n) is 4.58. The van der Waals surface area contributed by atoms with Gasteiger partial charge in [0.15, 0.2) is 6.61 Å². The Morgan fingerprint density at radius 3 is 2.31 bits per heavy atom. The first-order chi connectivity index (χ1) is 13.9. The van der Waals surface area contributed by atoms with Crippen LogP contribution in [-0.4, -0.2) is 35.9 Å². The zero-order valence-corrected chi connectivity index (χ0v) is 18.0. The van der Waals surface area contributed by atoms with Gasteiger partial charge in [0.05, 0.1) is 0 Å². The molecule has 0 aromatic heterocycles. The molecule has 0 fully saturated rings. The number of carbonyl (C=O) groups is 2. The molecule has 0 bridgehead atoms. The SMILES string of the molecule is CCCNC(=O)[C@@H](CC)N(Cc1ccc(C)cc1)C(=O)COc1ccc(Cl)cc1. The first-order valence-electron chi connectivity index (χ1n) is 9.95. The second kappa shape index (κ2) is 11.5. The zero-order chi connectivity index (χ0) is 21.2. The number of halogens is 1. The van der Waals surface area contributed by atoms with Crippen LogP contribution < -0.4 is 10.1 Å². The van der Waals surface area contributed by atoms with Crippen molar-refractivity contribution in [3.8, 4) is 5.75 Å². The predicted octanol–water partition coefficient (Wildman–Crippen LogP) is 4.36. The van der Waals surface area contributed by atoms with E-state index >= 15 is 0 Å². The largest absolute Gasteiger partial charge is 0.484 e. The van der Waals surface area contributed by atoms with E-state index in [0.717, 1.165) is 17.5 Å². The van der Waals surface area contributed by atoms with E-state index in [1.165, 1.54) is 0 Å². The molecule has 0 radical (unpaired) electrons. The van der Waals surface area contributed by atoms with E-state index in [2.05, 4.69) is 5.32 Å².